The van der Waals surface area contributed by atoms with Crippen molar-refractivity contribution in [3.8, 4) is 11.5 Å². The number of hydrogen-bond donors (Lipinski definition) is 0. The molecule has 1 aromatic carbocycles. The Balaban J connectivity index is 2.17. The molecule has 0 radical (unpaired) electrons. The van der Waals surface area contributed by atoms with Crippen LogP contribution in [0, 0.1) is 6.92 Å². The molecule has 2 rings (SSSR count). The van der Waals surface area contributed by atoms with E-state index in [9.17, 15) is 0 Å². The number of hydrogen-bond acceptors (Lipinski definition) is 5. The monoisotopic (exact) mass is 265 g/mol. The van der Waals surface area contributed by atoms with E-state index in [1.165, 1.54) is 0 Å². The summed E-state index contributed by atoms with van der Waals surface area (Å²) >= 11 is 1.58. The maximum Gasteiger partial charge on any atom is 0.204 e. The van der Waals surface area contributed by atoms with Crippen LogP contribution < -0.4 is 9.47 Å². The van der Waals surface area contributed by atoms with Gasteiger partial charge < -0.3 is 13.9 Å². The zero-order valence-electron chi connectivity index (χ0n) is 10.6. The highest BCUT2D eigenvalue weighted by Gasteiger charge is 2.12. The zero-order chi connectivity index (χ0) is 13.0. The average Bonchev–Trinajstić information content (AvgIpc) is 2.81. The fourth-order valence-corrected chi connectivity index (χ4v) is 2.55. The molecule has 1 aromatic heterocycles. The summed E-state index contributed by atoms with van der Waals surface area (Å²) in [5, 5.41) is 0. The van der Waals surface area contributed by atoms with Crippen LogP contribution in [-0.2, 0) is 5.75 Å². The smallest absolute Gasteiger partial charge is 0.204 e. The van der Waals surface area contributed by atoms with Gasteiger partial charge in [0.2, 0.25) is 5.89 Å². The lowest BCUT2D eigenvalue weighted by Gasteiger charge is -2.11. The Labute approximate surface area is 110 Å². The quantitative estimate of drug-likeness (QED) is 0.776. The minimum absolute atomic E-state index is 0.643. The summed E-state index contributed by atoms with van der Waals surface area (Å²) in [7, 11) is 3.29. The molecule has 5 heteroatoms. The fraction of sp³-hybridized carbons (Fsp3) is 0.308. The number of rotatable bonds is 5. The molecule has 2 aromatic rings. The maximum atomic E-state index is 5.44. The van der Waals surface area contributed by atoms with Crippen LogP contribution in [0.25, 0.3) is 0 Å². The number of thioether (sulfide) groups is 1. The minimum atomic E-state index is 0.643. The topological polar surface area (TPSA) is 44.5 Å². The highest BCUT2D eigenvalue weighted by molar-refractivity contribution is 7.98. The van der Waals surface area contributed by atoms with Crippen LogP contribution >= 0.6 is 11.8 Å². The SMILES string of the molecule is COc1cccc(OC)c1SCc1ncc(C)o1. The Morgan fingerprint density at radius 3 is 2.39 bits per heavy atom. The molecule has 4 nitrogen and oxygen atoms in total. The third-order valence-electron chi connectivity index (χ3n) is 2.39. The molecule has 0 fully saturated rings. The second-order valence-electron chi connectivity index (χ2n) is 3.64. The number of oxazole rings is 1. The Kier molecular flexibility index (Phi) is 4.15. The van der Waals surface area contributed by atoms with Crippen LogP contribution in [0.3, 0.4) is 0 Å². The van der Waals surface area contributed by atoms with Crippen LogP contribution in [0.2, 0.25) is 0 Å². The van der Waals surface area contributed by atoms with Gasteiger partial charge in [0.15, 0.2) is 0 Å². The van der Waals surface area contributed by atoms with E-state index in [1.807, 2.05) is 25.1 Å². The summed E-state index contributed by atoms with van der Waals surface area (Å²) in [5.74, 6) is 3.75. The van der Waals surface area contributed by atoms with Gasteiger partial charge in [-0.05, 0) is 19.1 Å². The van der Waals surface area contributed by atoms with Gasteiger partial charge in [-0.3, -0.25) is 0 Å². The number of nitrogens with zero attached hydrogens (tertiary/aromatic N) is 1. The Morgan fingerprint density at radius 1 is 1.22 bits per heavy atom. The molecule has 0 unspecified atom stereocenters. The van der Waals surface area contributed by atoms with Gasteiger partial charge in [0.25, 0.3) is 0 Å². The molecular weight excluding hydrogens is 250 g/mol. The van der Waals surface area contributed by atoms with Crippen molar-refractivity contribution in [2.45, 2.75) is 17.6 Å². The third kappa shape index (κ3) is 2.79. The predicted molar refractivity (Wildman–Crippen MR) is 70.3 cm³/mol. The molecule has 0 aliphatic carbocycles. The predicted octanol–water partition coefficient (Wildman–Crippen LogP) is 3.29. The van der Waals surface area contributed by atoms with E-state index in [1.54, 1.807) is 32.2 Å². The van der Waals surface area contributed by atoms with Crippen molar-refractivity contribution in [3.05, 3.63) is 36.0 Å². The van der Waals surface area contributed by atoms with Gasteiger partial charge >= 0.3 is 0 Å². The van der Waals surface area contributed by atoms with E-state index in [2.05, 4.69) is 4.98 Å². The van der Waals surface area contributed by atoms with Crippen LogP contribution in [0.1, 0.15) is 11.7 Å². The van der Waals surface area contributed by atoms with Crippen LogP contribution in [-0.4, -0.2) is 19.2 Å². The van der Waals surface area contributed by atoms with Crippen molar-refractivity contribution in [2.75, 3.05) is 14.2 Å². The van der Waals surface area contributed by atoms with Gasteiger partial charge in [-0.2, -0.15) is 0 Å². The normalized spacial score (nSPS) is 10.4. The van der Waals surface area contributed by atoms with Crippen LogP contribution in [0.5, 0.6) is 11.5 Å². The number of aryl methyl sites for hydroxylation is 1. The Bertz CT molecular complexity index is 502. The Morgan fingerprint density at radius 2 is 1.89 bits per heavy atom. The summed E-state index contributed by atoms with van der Waals surface area (Å²) in [6.07, 6.45) is 1.72. The van der Waals surface area contributed by atoms with Gasteiger partial charge in [0.05, 0.1) is 31.1 Å². The Hall–Kier alpha value is -1.62. The van der Waals surface area contributed by atoms with Crippen molar-refractivity contribution >= 4 is 11.8 Å². The molecule has 0 atom stereocenters. The number of benzene rings is 1. The lowest BCUT2D eigenvalue weighted by atomic mass is 10.3. The summed E-state index contributed by atoms with van der Waals surface area (Å²) in [6, 6.07) is 5.72. The fourth-order valence-electron chi connectivity index (χ4n) is 1.56. The van der Waals surface area contributed by atoms with Crippen molar-refractivity contribution in [1.82, 2.24) is 4.98 Å². The van der Waals surface area contributed by atoms with Crippen molar-refractivity contribution in [3.63, 3.8) is 0 Å². The molecule has 0 N–H and O–H groups in total. The maximum absolute atomic E-state index is 5.44. The van der Waals surface area contributed by atoms with E-state index in [0.717, 1.165) is 22.2 Å². The molecular formula is C13H15NO3S. The van der Waals surface area contributed by atoms with Gasteiger partial charge in [0, 0.05) is 0 Å². The summed E-state index contributed by atoms with van der Waals surface area (Å²) in [6.45, 7) is 1.88. The third-order valence-corrected chi connectivity index (χ3v) is 3.47. The van der Waals surface area contributed by atoms with Gasteiger partial charge in [-0.1, -0.05) is 6.07 Å². The lowest BCUT2D eigenvalue weighted by molar-refractivity contribution is 0.376. The van der Waals surface area contributed by atoms with E-state index < -0.39 is 0 Å². The molecule has 0 saturated carbocycles. The van der Waals surface area contributed by atoms with Crippen LogP contribution in [0.15, 0.2) is 33.7 Å². The average molecular weight is 265 g/mol. The second-order valence-corrected chi connectivity index (χ2v) is 4.63. The van der Waals surface area contributed by atoms with E-state index in [-0.39, 0.29) is 0 Å². The van der Waals surface area contributed by atoms with Crippen molar-refractivity contribution in [2.24, 2.45) is 0 Å². The molecule has 18 heavy (non-hydrogen) atoms. The zero-order valence-corrected chi connectivity index (χ0v) is 11.4. The van der Waals surface area contributed by atoms with Gasteiger partial charge in [-0.15, -0.1) is 11.8 Å². The number of aromatic nitrogens is 1. The largest absolute Gasteiger partial charge is 0.495 e. The lowest BCUT2D eigenvalue weighted by Crippen LogP contribution is -1.92. The van der Waals surface area contributed by atoms with Crippen molar-refractivity contribution < 1.29 is 13.9 Å². The molecule has 0 saturated heterocycles. The summed E-state index contributed by atoms with van der Waals surface area (Å²) in [4.78, 5) is 5.13. The summed E-state index contributed by atoms with van der Waals surface area (Å²) < 4.78 is 16.1. The first-order valence-electron chi connectivity index (χ1n) is 5.49. The minimum Gasteiger partial charge on any atom is -0.495 e. The molecule has 0 aliphatic rings. The molecule has 0 bridgehead atoms. The van der Waals surface area contributed by atoms with Crippen LogP contribution in [0.4, 0.5) is 0 Å². The number of methoxy groups -OCH3 is 2. The summed E-state index contributed by atoms with van der Waals surface area (Å²) in [5.41, 5.74) is 0. The highest BCUT2D eigenvalue weighted by Crippen LogP contribution is 2.38. The van der Waals surface area contributed by atoms with Crippen molar-refractivity contribution in [1.29, 1.82) is 0 Å². The van der Waals surface area contributed by atoms with E-state index in [4.69, 9.17) is 13.9 Å². The molecule has 96 valence electrons. The first kappa shape index (κ1) is 12.8. The molecule has 0 amide bonds. The number of ether oxygens (including phenoxy) is 2. The van der Waals surface area contributed by atoms with E-state index in [0.29, 0.717) is 11.6 Å². The first-order valence-corrected chi connectivity index (χ1v) is 6.48. The molecule has 0 spiro atoms. The molecule has 1 heterocycles. The first-order chi connectivity index (χ1) is 8.74. The van der Waals surface area contributed by atoms with Gasteiger partial charge in [0.1, 0.15) is 17.3 Å². The highest BCUT2D eigenvalue weighted by atomic mass is 32.2. The van der Waals surface area contributed by atoms with E-state index >= 15 is 0 Å². The molecule has 0 aliphatic heterocycles. The second kappa shape index (κ2) is 5.82. The van der Waals surface area contributed by atoms with Gasteiger partial charge in [-0.25, -0.2) is 4.98 Å². The standard InChI is InChI=1S/C13H15NO3S/c1-9-7-14-12(17-9)8-18-13-10(15-2)5-4-6-11(13)16-3/h4-7H,8H2,1-3H3.